The van der Waals surface area contributed by atoms with Gasteiger partial charge in [0.1, 0.15) is 12.1 Å². The molecule has 0 spiro atoms. The second-order valence-corrected chi connectivity index (χ2v) is 6.18. The van der Waals surface area contributed by atoms with Gasteiger partial charge in [0.05, 0.1) is 30.4 Å². The predicted molar refractivity (Wildman–Crippen MR) is 102 cm³/mol. The van der Waals surface area contributed by atoms with E-state index in [4.69, 9.17) is 10.00 Å². The zero-order chi connectivity index (χ0) is 18.6. The highest BCUT2D eigenvalue weighted by atomic mass is 16.5. The van der Waals surface area contributed by atoms with Crippen LogP contribution in [0.5, 0.6) is 0 Å². The van der Waals surface area contributed by atoms with Crippen molar-refractivity contribution >= 4 is 28.3 Å². The first kappa shape index (κ1) is 16.9. The van der Waals surface area contributed by atoms with E-state index in [1.165, 1.54) is 6.33 Å². The first-order chi connectivity index (χ1) is 13.2. The van der Waals surface area contributed by atoms with Crippen molar-refractivity contribution in [2.75, 3.05) is 36.5 Å². The lowest BCUT2D eigenvalue weighted by molar-refractivity contribution is 0.102. The van der Waals surface area contributed by atoms with Crippen molar-refractivity contribution in [2.45, 2.75) is 0 Å². The van der Waals surface area contributed by atoms with Crippen LogP contribution >= 0.6 is 0 Å². The summed E-state index contributed by atoms with van der Waals surface area (Å²) in [6.07, 6.45) is 1.54. The Kier molecular flexibility index (Phi) is 4.64. The molecular weight excluding hydrogens is 342 g/mol. The van der Waals surface area contributed by atoms with Crippen LogP contribution in [0, 0.1) is 11.3 Å². The molecule has 0 unspecified atom stereocenters. The predicted octanol–water partition coefficient (Wildman–Crippen LogP) is 2.59. The molecule has 134 valence electrons. The largest absolute Gasteiger partial charge is 0.378 e. The van der Waals surface area contributed by atoms with Crippen molar-refractivity contribution in [1.29, 1.82) is 5.26 Å². The molecule has 0 bridgehead atoms. The maximum atomic E-state index is 12.5. The van der Waals surface area contributed by atoms with Gasteiger partial charge in [0, 0.05) is 29.7 Å². The number of hydrogen-bond donors (Lipinski definition) is 1. The topological polar surface area (TPSA) is 91.1 Å². The molecule has 1 amide bonds. The Bertz CT molecular complexity index is 1040. The average Bonchev–Trinajstić information content (AvgIpc) is 2.73. The van der Waals surface area contributed by atoms with Crippen LogP contribution in [0.3, 0.4) is 0 Å². The van der Waals surface area contributed by atoms with Gasteiger partial charge in [-0.15, -0.1) is 0 Å². The molecule has 1 aliphatic heterocycles. The molecular formula is C20H17N5O2. The van der Waals surface area contributed by atoms with Crippen LogP contribution in [-0.4, -0.2) is 42.2 Å². The number of nitrogens with one attached hydrogen (secondary N) is 1. The van der Waals surface area contributed by atoms with E-state index in [1.807, 2.05) is 24.3 Å². The Balaban J connectivity index is 1.60. The van der Waals surface area contributed by atoms with E-state index < -0.39 is 0 Å². The Hall–Kier alpha value is -3.50. The number of nitriles is 1. The van der Waals surface area contributed by atoms with Crippen LogP contribution in [0.25, 0.3) is 10.9 Å². The van der Waals surface area contributed by atoms with Gasteiger partial charge < -0.3 is 15.0 Å². The number of morpholine rings is 1. The summed E-state index contributed by atoms with van der Waals surface area (Å²) in [5.74, 6) is 0.608. The molecule has 3 aromatic rings. The number of nitrogens with zero attached hydrogens (tertiary/aromatic N) is 4. The van der Waals surface area contributed by atoms with Crippen LogP contribution in [0.1, 0.15) is 15.9 Å². The van der Waals surface area contributed by atoms with Crippen molar-refractivity contribution in [2.24, 2.45) is 0 Å². The van der Waals surface area contributed by atoms with Crippen molar-refractivity contribution in [3.63, 3.8) is 0 Å². The standard InChI is InChI=1S/C20H17N5O2/c21-12-14-2-1-3-15(10-14)20(26)24-16-4-5-17-18(11-16)22-13-23-19(17)25-6-8-27-9-7-25/h1-5,10-11,13H,6-9H2,(H,24,26). The Morgan fingerprint density at radius 1 is 1.15 bits per heavy atom. The van der Waals surface area contributed by atoms with Crippen LogP contribution in [0.2, 0.25) is 0 Å². The zero-order valence-corrected chi connectivity index (χ0v) is 14.6. The van der Waals surface area contributed by atoms with Gasteiger partial charge in [0.15, 0.2) is 0 Å². The molecule has 1 aromatic heterocycles. The highest BCUT2D eigenvalue weighted by Gasteiger charge is 2.16. The molecule has 0 aliphatic carbocycles. The van der Waals surface area contributed by atoms with E-state index in [-0.39, 0.29) is 5.91 Å². The minimum absolute atomic E-state index is 0.270. The van der Waals surface area contributed by atoms with E-state index in [1.54, 1.807) is 24.3 Å². The normalized spacial score (nSPS) is 14.0. The second kappa shape index (κ2) is 7.40. The summed E-state index contributed by atoms with van der Waals surface area (Å²) >= 11 is 0. The number of hydrogen-bond acceptors (Lipinski definition) is 6. The van der Waals surface area contributed by atoms with Crippen LogP contribution in [-0.2, 0) is 4.74 Å². The highest BCUT2D eigenvalue weighted by molar-refractivity contribution is 6.05. The summed E-state index contributed by atoms with van der Waals surface area (Å²) in [4.78, 5) is 23.4. The lowest BCUT2D eigenvalue weighted by atomic mass is 10.1. The molecule has 2 aromatic carbocycles. The smallest absolute Gasteiger partial charge is 0.255 e. The van der Waals surface area contributed by atoms with E-state index in [0.29, 0.717) is 30.0 Å². The number of amides is 1. The molecule has 7 nitrogen and oxygen atoms in total. The summed E-state index contributed by atoms with van der Waals surface area (Å²) < 4.78 is 5.40. The van der Waals surface area contributed by atoms with Gasteiger partial charge in [-0.3, -0.25) is 4.79 Å². The molecule has 1 N–H and O–H groups in total. The third-order valence-corrected chi connectivity index (χ3v) is 4.44. The van der Waals surface area contributed by atoms with Gasteiger partial charge in [0.25, 0.3) is 5.91 Å². The van der Waals surface area contributed by atoms with Gasteiger partial charge in [-0.25, -0.2) is 9.97 Å². The summed E-state index contributed by atoms with van der Waals surface area (Å²) in [6.45, 7) is 2.95. The molecule has 1 fully saturated rings. The SMILES string of the molecule is N#Cc1cccc(C(=O)Nc2ccc3c(N4CCOCC4)ncnc3c2)c1. The minimum Gasteiger partial charge on any atom is -0.378 e. The summed E-state index contributed by atoms with van der Waals surface area (Å²) in [7, 11) is 0. The maximum Gasteiger partial charge on any atom is 0.255 e. The fourth-order valence-corrected chi connectivity index (χ4v) is 3.08. The number of benzene rings is 2. The quantitative estimate of drug-likeness (QED) is 0.773. The van der Waals surface area contributed by atoms with Crippen LogP contribution in [0.15, 0.2) is 48.8 Å². The number of fused-ring (bicyclic) bond motifs is 1. The van der Waals surface area contributed by atoms with Crippen molar-refractivity contribution in [3.8, 4) is 6.07 Å². The van der Waals surface area contributed by atoms with E-state index in [9.17, 15) is 4.79 Å². The Labute approximate surface area is 156 Å². The Morgan fingerprint density at radius 3 is 2.81 bits per heavy atom. The first-order valence-corrected chi connectivity index (χ1v) is 8.63. The third-order valence-electron chi connectivity index (χ3n) is 4.44. The maximum absolute atomic E-state index is 12.5. The summed E-state index contributed by atoms with van der Waals surface area (Å²) in [5, 5.41) is 12.8. The van der Waals surface area contributed by atoms with Gasteiger partial charge in [0.2, 0.25) is 0 Å². The fourth-order valence-electron chi connectivity index (χ4n) is 3.08. The molecule has 0 radical (unpaired) electrons. The number of aromatic nitrogens is 2. The summed E-state index contributed by atoms with van der Waals surface area (Å²) in [5.41, 5.74) is 2.28. The first-order valence-electron chi connectivity index (χ1n) is 8.63. The average molecular weight is 359 g/mol. The van der Waals surface area contributed by atoms with Gasteiger partial charge in [-0.1, -0.05) is 6.07 Å². The van der Waals surface area contributed by atoms with Gasteiger partial charge in [-0.05, 0) is 36.4 Å². The van der Waals surface area contributed by atoms with Crippen molar-refractivity contribution in [1.82, 2.24) is 9.97 Å². The Morgan fingerprint density at radius 2 is 2.00 bits per heavy atom. The molecule has 0 saturated carbocycles. The number of carbonyl (C=O) groups excluding carboxylic acids is 1. The number of anilines is 2. The third kappa shape index (κ3) is 3.57. The lowest BCUT2D eigenvalue weighted by Gasteiger charge is -2.28. The van der Waals surface area contributed by atoms with E-state index >= 15 is 0 Å². The fraction of sp³-hybridized carbons (Fsp3) is 0.200. The lowest BCUT2D eigenvalue weighted by Crippen LogP contribution is -2.36. The second-order valence-electron chi connectivity index (χ2n) is 6.18. The highest BCUT2D eigenvalue weighted by Crippen LogP contribution is 2.26. The molecule has 1 saturated heterocycles. The van der Waals surface area contributed by atoms with E-state index in [2.05, 4.69) is 20.2 Å². The van der Waals surface area contributed by atoms with Crippen LogP contribution in [0.4, 0.5) is 11.5 Å². The van der Waals surface area contributed by atoms with Gasteiger partial charge in [-0.2, -0.15) is 5.26 Å². The van der Waals surface area contributed by atoms with Crippen molar-refractivity contribution < 1.29 is 9.53 Å². The molecule has 0 atom stereocenters. The number of rotatable bonds is 3. The van der Waals surface area contributed by atoms with Crippen LogP contribution < -0.4 is 10.2 Å². The van der Waals surface area contributed by atoms with Crippen molar-refractivity contribution in [3.05, 3.63) is 59.9 Å². The number of ether oxygens (including phenoxy) is 1. The zero-order valence-electron chi connectivity index (χ0n) is 14.6. The molecule has 4 rings (SSSR count). The molecule has 27 heavy (non-hydrogen) atoms. The van der Waals surface area contributed by atoms with E-state index in [0.717, 1.165) is 29.8 Å². The molecule has 1 aliphatic rings. The number of carbonyl (C=O) groups is 1. The summed E-state index contributed by atoms with van der Waals surface area (Å²) in [6, 6.07) is 14.2. The molecule has 7 heteroatoms. The monoisotopic (exact) mass is 359 g/mol. The van der Waals surface area contributed by atoms with Gasteiger partial charge >= 0.3 is 0 Å². The molecule has 2 heterocycles. The minimum atomic E-state index is -0.270.